The van der Waals surface area contributed by atoms with Crippen LogP contribution in [0.3, 0.4) is 0 Å². The summed E-state index contributed by atoms with van der Waals surface area (Å²) in [7, 11) is 0. The van der Waals surface area contributed by atoms with E-state index in [1.165, 1.54) is 17.7 Å². The first-order chi connectivity index (χ1) is 13.1. The van der Waals surface area contributed by atoms with Gasteiger partial charge in [-0.3, -0.25) is 19.6 Å². The number of benzene rings is 1. The number of rotatable bonds is 5. The van der Waals surface area contributed by atoms with Gasteiger partial charge < -0.3 is 10.1 Å². The Morgan fingerprint density at radius 2 is 1.93 bits per heavy atom. The second-order valence-corrected chi connectivity index (χ2v) is 6.84. The van der Waals surface area contributed by atoms with Gasteiger partial charge in [0, 0.05) is 67.8 Å². The Morgan fingerprint density at radius 1 is 1.19 bits per heavy atom. The number of carboxylic acids is 1. The van der Waals surface area contributed by atoms with E-state index in [-0.39, 0.29) is 5.82 Å². The van der Waals surface area contributed by atoms with Crippen molar-refractivity contribution in [3.8, 4) is 0 Å². The third kappa shape index (κ3) is 3.70. The fourth-order valence-corrected chi connectivity index (χ4v) is 3.76. The second kappa shape index (κ2) is 7.46. The largest absolute Gasteiger partial charge is 0.480 e. The van der Waals surface area contributed by atoms with E-state index in [2.05, 4.69) is 14.9 Å². The highest BCUT2D eigenvalue weighted by Crippen LogP contribution is 2.30. The minimum atomic E-state index is -0.886. The molecule has 2 N–H and O–H groups in total. The van der Waals surface area contributed by atoms with E-state index in [1.807, 2.05) is 17.0 Å². The topological polar surface area (TPSA) is 72.5 Å². The minimum Gasteiger partial charge on any atom is -0.480 e. The van der Waals surface area contributed by atoms with Crippen molar-refractivity contribution in [1.29, 1.82) is 0 Å². The van der Waals surface area contributed by atoms with Crippen molar-refractivity contribution < 1.29 is 14.3 Å². The third-order valence-electron chi connectivity index (χ3n) is 5.13. The van der Waals surface area contributed by atoms with Crippen LogP contribution in [-0.2, 0) is 11.3 Å². The first-order valence-corrected chi connectivity index (χ1v) is 8.96. The summed E-state index contributed by atoms with van der Waals surface area (Å²) in [6.45, 7) is 3.75. The summed E-state index contributed by atoms with van der Waals surface area (Å²) in [6, 6.07) is 7.66. The molecule has 27 heavy (non-hydrogen) atoms. The summed E-state index contributed by atoms with van der Waals surface area (Å²) in [4.78, 5) is 23.4. The molecule has 0 unspecified atom stereocenters. The maximum Gasteiger partial charge on any atom is 0.325 e. The predicted octanol–water partition coefficient (Wildman–Crippen LogP) is 2.65. The van der Waals surface area contributed by atoms with Gasteiger partial charge in [0.25, 0.3) is 0 Å². The van der Waals surface area contributed by atoms with Crippen LogP contribution in [0.25, 0.3) is 10.9 Å². The maximum atomic E-state index is 13.4. The van der Waals surface area contributed by atoms with Crippen LogP contribution in [0.1, 0.15) is 17.2 Å². The zero-order valence-corrected chi connectivity index (χ0v) is 14.8. The molecule has 0 spiro atoms. The number of aliphatic carboxylic acids is 1. The molecule has 1 aliphatic rings. The average molecular weight is 368 g/mol. The summed E-state index contributed by atoms with van der Waals surface area (Å²) in [6.07, 6.45) is 5.25. The van der Waals surface area contributed by atoms with Crippen LogP contribution in [0.2, 0.25) is 0 Å². The molecule has 7 heteroatoms. The van der Waals surface area contributed by atoms with Crippen molar-refractivity contribution >= 4 is 16.9 Å². The number of carbonyl (C=O) groups is 1. The Hall–Kier alpha value is -2.77. The smallest absolute Gasteiger partial charge is 0.325 e. The van der Waals surface area contributed by atoms with Gasteiger partial charge in [-0.25, -0.2) is 4.39 Å². The molecular formula is C20H21FN4O2. The van der Waals surface area contributed by atoms with Gasteiger partial charge in [0.15, 0.2) is 0 Å². The third-order valence-corrected chi connectivity index (χ3v) is 5.13. The molecule has 0 amide bonds. The SMILES string of the molecule is O=C(O)[C@H](c1c[nH]c2cc(F)ccc12)N1CCN(Cc2ccncc2)CC1. The van der Waals surface area contributed by atoms with Crippen LogP contribution in [0.4, 0.5) is 4.39 Å². The van der Waals surface area contributed by atoms with Crippen LogP contribution in [0.15, 0.2) is 48.9 Å². The number of nitrogens with zero attached hydrogens (tertiary/aromatic N) is 3. The highest BCUT2D eigenvalue weighted by molar-refractivity contribution is 5.89. The number of aromatic nitrogens is 2. The van der Waals surface area contributed by atoms with Crippen molar-refractivity contribution in [3.05, 3.63) is 65.9 Å². The average Bonchev–Trinajstić information content (AvgIpc) is 3.06. The molecule has 6 nitrogen and oxygen atoms in total. The van der Waals surface area contributed by atoms with E-state index in [0.717, 1.165) is 25.0 Å². The number of carboxylic acid groups (broad SMARTS) is 1. The fourth-order valence-electron chi connectivity index (χ4n) is 3.76. The van der Waals surface area contributed by atoms with Crippen LogP contribution in [0.5, 0.6) is 0 Å². The zero-order valence-electron chi connectivity index (χ0n) is 14.8. The van der Waals surface area contributed by atoms with Gasteiger partial charge in [0.05, 0.1) is 0 Å². The van der Waals surface area contributed by atoms with Gasteiger partial charge >= 0.3 is 5.97 Å². The van der Waals surface area contributed by atoms with Crippen molar-refractivity contribution in [2.75, 3.05) is 26.2 Å². The van der Waals surface area contributed by atoms with Crippen molar-refractivity contribution in [2.45, 2.75) is 12.6 Å². The molecule has 140 valence electrons. The highest BCUT2D eigenvalue weighted by atomic mass is 19.1. The molecule has 1 aromatic carbocycles. The number of hydrogen-bond acceptors (Lipinski definition) is 4. The number of hydrogen-bond donors (Lipinski definition) is 2. The Balaban J connectivity index is 1.49. The highest BCUT2D eigenvalue weighted by Gasteiger charge is 2.32. The molecule has 3 heterocycles. The van der Waals surface area contributed by atoms with E-state index in [1.54, 1.807) is 24.7 Å². The molecule has 1 atom stereocenters. The van der Waals surface area contributed by atoms with Gasteiger partial charge in [-0.2, -0.15) is 0 Å². The number of aromatic amines is 1. The molecule has 0 radical (unpaired) electrons. The van der Waals surface area contributed by atoms with Crippen LogP contribution in [0, 0.1) is 5.82 Å². The van der Waals surface area contributed by atoms with E-state index in [4.69, 9.17) is 0 Å². The number of nitrogens with one attached hydrogen (secondary N) is 1. The van der Waals surface area contributed by atoms with Crippen LogP contribution in [-0.4, -0.2) is 57.0 Å². The van der Waals surface area contributed by atoms with Crippen molar-refractivity contribution in [3.63, 3.8) is 0 Å². The fraction of sp³-hybridized carbons (Fsp3) is 0.300. The van der Waals surface area contributed by atoms with E-state index >= 15 is 0 Å². The lowest BCUT2D eigenvalue weighted by atomic mass is 10.0. The molecule has 1 aliphatic heterocycles. The van der Waals surface area contributed by atoms with Gasteiger partial charge in [0.1, 0.15) is 11.9 Å². The van der Waals surface area contributed by atoms with Gasteiger partial charge in [-0.1, -0.05) is 0 Å². The number of pyridine rings is 1. The Bertz CT molecular complexity index is 936. The molecule has 3 aromatic rings. The van der Waals surface area contributed by atoms with Crippen LogP contribution >= 0.6 is 0 Å². The lowest BCUT2D eigenvalue weighted by Crippen LogP contribution is -2.48. The molecule has 0 saturated carbocycles. The second-order valence-electron chi connectivity index (χ2n) is 6.84. The minimum absolute atomic E-state index is 0.340. The first-order valence-electron chi connectivity index (χ1n) is 8.96. The van der Waals surface area contributed by atoms with Gasteiger partial charge in [-0.15, -0.1) is 0 Å². The van der Waals surface area contributed by atoms with Gasteiger partial charge in [0.2, 0.25) is 0 Å². The lowest BCUT2D eigenvalue weighted by molar-refractivity contribution is -0.144. The maximum absolute atomic E-state index is 13.4. The summed E-state index contributed by atoms with van der Waals surface area (Å²) in [5.74, 6) is -1.23. The summed E-state index contributed by atoms with van der Waals surface area (Å²) in [5, 5.41) is 10.6. The summed E-state index contributed by atoms with van der Waals surface area (Å²) >= 11 is 0. The Labute approximate surface area is 156 Å². The Morgan fingerprint density at radius 3 is 2.63 bits per heavy atom. The van der Waals surface area contributed by atoms with Crippen molar-refractivity contribution in [1.82, 2.24) is 19.8 Å². The predicted molar refractivity (Wildman–Crippen MR) is 99.7 cm³/mol. The van der Waals surface area contributed by atoms with Crippen molar-refractivity contribution in [2.24, 2.45) is 0 Å². The standard InChI is InChI=1S/C20H21FN4O2/c21-15-1-2-16-17(12-23-18(16)11-15)19(20(26)27)25-9-7-24(8-10-25)13-14-3-5-22-6-4-14/h1-6,11-12,19,23H,7-10,13H2,(H,26,27)/t19-/m0/s1. The lowest BCUT2D eigenvalue weighted by Gasteiger charge is -2.37. The number of H-pyrrole nitrogens is 1. The number of fused-ring (bicyclic) bond motifs is 1. The number of piperazine rings is 1. The summed E-state index contributed by atoms with van der Waals surface area (Å²) < 4.78 is 13.4. The van der Waals surface area contributed by atoms with Gasteiger partial charge in [-0.05, 0) is 35.9 Å². The first kappa shape index (κ1) is 17.6. The quantitative estimate of drug-likeness (QED) is 0.724. The molecule has 2 aromatic heterocycles. The monoisotopic (exact) mass is 368 g/mol. The van der Waals surface area contributed by atoms with E-state index < -0.39 is 12.0 Å². The van der Waals surface area contributed by atoms with E-state index in [0.29, 0.717) is 24.2 Å². The molecule has 1 saturated heterocycles. The Kier molecular flexibility index (Phi) is 4.87. The normalized spacial score (nSPS) is 17.2. The molecule has 0 aliphatic carbocycles. The molecular weight excluding hydrogens is 347 g/mol. The zero-order chi connectivity index (χ0) is 18.8. The van der Waals surface area contributed by atoms with Crippen LogP contribution < -0.4 is 0 Å². The van der Waals surface area contributed by atoms with E-state index in [9.17, 15) is 14.3 Å². The number of halogens is 1. The molecule has 0 bridgehead atoms. The summed E-state index contributed by atoms with van der Waals surface area (Å²) in [5.41, 5.74) is 2.50. The molecule has 4 rings (SSSR count). The molecule has 1 fully saturated rings.